The third kappa shape index (κ3) is 9.55. The van der Waals surface area contributed by atoms with E-state index in [0.717, 1.165) is 22.9 Å². The Labute approximate surface area is 270 Å². The van der Waals surface area contributed by atoms with Crippen LogP contribution in [0, 0.1) is 5.82 Å². The molecule has 0 unspecified atom stereocenters. The smallest absolute Gasteiger partial charge is 0.412 e. The first-order valence-corrected chi connectivity index (χ1v) is 14.2. The Morgan fingerprint density at radius 3 is 2.30 bits per heavy atom. The monoisotopic (exact) mass is 664 g/mol. The zero-order chi connectivity index (χ0) is 33.9. The quantitative estimate of drug-likeness (QED) is 0.178. The van der Waals surface area contributed by atoms with Gasteiger partial charge in [-0.15, -0.1) is 0 Å². The summed E-state index contributed by atoms with van der Waals surface area (Å²) in [6.07, 6.45) is -0.832. The van der Waals surface area contributed by atoms with Crippen molar-refractivity contribution in [3.05, 3.63) is 117 Å². The molecular weight excluding hydrogens is 639 g/mol. The van der Waals surface area contributed by atoms with Crippen molar-refractivity contribution < 1.29 is 42.9 Å². The van der Waals surface area contributed by atoms with E-state index < -0.39 is 66.7 Å². The van der Waals surface area contributed by atoms with Crippen LogP contribution in [0.15, 0.2) is 89.9 Å². The molecule has 1 aromatic heterocycles. The highest BCUT2D eigenvalue weighted by atomic mass is 35.5. The number of carboxylic acids is 1. The summed E-state index contributed by atoms with van der Waals surface area (Å²) < 4.78 is 24.6. The van der Waals surface area contributed by atoms with Crippen molar-refractivity contribution in [1.82, 2.24) is 14.9 Å². The van der Waals surface area contributed by atoms with Crippen molar-refractivity contribution >= 4 is 47.0 Å². The van der Waals surface area contributed by atoms with E-state index in [0.29, 0.717) is 5.56 Å². The number of Topliss-reactive ketones (excluding diaryl/α,β-unsaturated/α-hetero) is 1. The SMILES string of the molecule is O=C(O)C[C@H](NC(=O)Cn1c(-c2ccc(F)cc2)ncc(NC(=O)OCc2ccccc2)c1=O)C(=O)COC(=O)c1ccccc1Cl. The molecule has 4 aromatic rings. The van der Waals surface area contributed by atoms with Crippen LogP contribution < -0.4 is 16.2 Å². The minimum Gasteiger partial charge on any atom is -0.481 e. The number of ether oxygens (including phenoxy) is 2. The molecule has 0 saturated carbocycles. The molecule has 13 nitrogen and oxygen atoms in total. The third-order valence-corrected chi connectivity index (χ3v) is 6.77. The predicted molar refractivity (Wildman–Crippen MR) is 165 cm³/mol. The number of amides is 2. The number of hydrogen-bond acceptors (Lipinski definition) is 9. The van der Waals surface area contributed by atoms with Gasteiger partial charge in [0.2, 0.25) is 5.91 Å². The number of rotatable bonds is 13. The van der Waals surface area contributed by atoms with Gasteiger partial charge in [-0.1, -0.05) is 54.1 Å². The summed E-state index contributed by atoms with van der Waals surface area (Å²) in [7, 11) is 0. The number of carboxylic acid groups (broad SMARTS) is 1. The van der Waals surface area contributed by atoms with Gasteiger partial charge in [-0.05, 0) is 42.0 Å². The van der Waals surface area contributed by atoms with Gasteiger partial charge in [0.15, 0.2) is 12.4 Å². The molecule has 0 fully saturated rings. The van der Waals surface area contributed by atoms with E-state index in [1.165, 1.54) is 30.3 Å². The summed E-state index contributed by atoms with van der Waals surface area (Å²) in [5.74, 6) is -5.04. The molecular formula is C32H26ClFN4O9. The summed E-state index contributed by atoms with van der Waals surface area (Å²) in [6, 6.07) is 17.8. The van der Waals surface area contributed by atoms with E-state index in [1.807, 2.05) is 0 Å². The Bertz CT molecular complexity index is 1850. The lowest BCUT2D eigenvalue weighted by Gasteiger charge is -2.18. The number of nitrogens with zero attached hydrogens (tertiary/aromatic N) is 2. The summed E-state index contributed by atoms with van der Waals surface area (Å²) in [6.45, 7) is -1.80. The summed E-state index contributed by atoms with van der Waals surface area (Å²) >= 11 is 5.97. The van der Waals surface area contributed by atoms with Crippen LogP contribution >= 0.6 is 11.6 Å². The number of nitrogens with one attached hydrogen (secondary N) is 2. The number of carbonyl (C=O) groups is 5. The van der Waals surface area contributed by atoms with Crippen molar-refractivity contribution in [1.29, 1.82) is 0 Å². The fourth-order valence-corrected chi connectivity index (χ4v) is 4.38. The molecule has 0 aliphatic carbocycles. The Balaban J connectivity index is 1.52. The molecule has 2 amide bonds. The maximum absolute atomic E-state index is 13.6. The van der Waals surface area contributed by atoms with Gasteiger partial charge < -0.3 is 19.9 Å². The van der Waals surface area contributed by atoms with Crippen LogP contribution in [0.2, 0.25) is 5.02 Å². The van der Waals surface area contributed by atoms with Crippen LogP contribution in [0.4, 0.5) is 14.9 Å². The predicted octanol–water partition coefficient (Wildman–Crippen LogP) is 3.84. The third-order valence-electron chi connectivity index (χ3n) is 6.44. The lowest BCUT2D eigenvalue weighted by molar-refractivity contribution is -0.140. The number of aliphatic carboxylic acids is 1. The van der Waals surface area contributed by atoms with E-state index in [2.05, 4.69) is 15.6 Å². The van der Waals surface area contributed by atoms with Crippen LogP contribution in [-0.4, -0.2) is 57.0 Å². The maximum Gasteiger partial charge on any atom is 0.412 e. The summed E-state index contributed by atoms with van der Waals surface area (Å²) in [4.78, 5) is 79.9. The molecule has 242 valence electrons. The second kappa shape index (κ2) is 15.9. The standard InChI is InChI=1S/C32H26ClFN4O9/c33-23-9-5-4-8-22(23)31(44)46-18-26(39)24(14-28(41)42)36-27(40)16-38-29(20-10-12-21(34)13-11-20)35-15-25(30(38)43)37-32(45)47-17-19-6-2-1-3-7-19/h1-13,15,24H,14,16-18H2,(H,36,40)(H,37,45)(H,41,42)/t24-/m0/s1. The minimum atomic E-state index is -1.66. The fraction of sp³-hybridized carbons (Fsp3) is 0.156. The first-order valence-electron chi connectivity index (χ1n) is 13.8. The Morgan fingerprint density at radius 1 is 0.936 bits per heavy atom. The Morgan fingerprint density at radius 2 is 1.62 bits per heavy atom. The van der Waals surface area contributed by atoms with Gasteiger partial charge in [0.25, 0.3) is 5.56 Å². The molecule has 3 aromatic carbocycles. The first kappa shape index (κ1) is 34.0. The average Bonchev–Trinajstić information content (AvgIpc) is 3.05. The molecule has 0 spiro atoms. The van der Waals surface area contributed by atoms with Gasteiger partial charge in [0.05, 0.1) is 23.2 Å². The highest BCUT2D eigenvalue weighted by Gasteiger charge is 2.26. The molecule has 1 atom stereocenters. The normalized spacial score (nSPS) is 11.2. The highest BCUT2D eigenvalue weighted by molar-refractivity contribution is 6.33. The van der Waals surface area contributed by atoms with Crippen molar-refractivity contribution in [3.63, 3.8) is 0 Å². The van der Waals surface area contributed by atoms with Gasteiger partial charge >= 0.3 is 18.0 Å². The number of carbonyl (C=O) groups excluding carboxylic acids is 4. The van der Waals surface area contributed by atoms with Gasteiger partial charge in [0, 0.05) is 5.56 Å². The zero-order valence-electron chi connectivity index (χ0n) is 24.4. The second-order valence-electron chi connectivity index (χ2n) is 9.82. The maximum atomic E-state index is 13.6. The van der Waals surface area contributed by atoms with Gasteiger partial charge in [-0.25, -0.2) is 19.0 Å². The zero-order valence-corrected chi connectivity index (χ0v) is 25.1. The minimum absolute atomic E-state index is 0.0292. The highest BCUT2D eigenvalue weighted by Crippen LogP contribution is 2.18. The fourth-order valence-electron chi connectivity index (χ4n) is 4.17. The Kier molecular flexibility index (Phi) is 11.5. The van der Waals surface area contributed by atoms with Crippen LogP contribution in [0.25, 0.3) is 11.4 Å². The van der Waals surface area contributed by atoms with Gasteiger partial charge in [0.1, 0.15) is 36.5 Å². The number of anilines is 1. The summed E-state index contributed by atoms with van der Waals surface area (Å²) in [5.41, 5.74) is -0.407. The van der Waals surface area contributed by atoms with Gasteiger partial charge in [-0.2, -0.15) is 0 Å². The van der Waals surface area contributed by atoms with E-state index in [4.69, 9.17) is 21.1 Å². The molecule has 3 N–H and O–H groups in total. The first-order chi connectivity index (χ1) is 22.5. The van der Waals surface area contributed by atoms with Crippen LogP contribution in [0.1, 0.15) is 22.3 Å². The largest absolute Gasteiger partial charge is 0.481 e. The molecule has 0 saturated heterocycles. The van der Waals surface area contributed by atoms with E-state index in [9.17, 15) is 38.3 Å². The number of hydrogen-bond donors (Lipinski definition) is 3. The average molecular weight is 665 g/mol. The molecule has 1 heterocycles. The van der Waals surface area contributed by atoms with E-state index in [-0.39, 0.29) is 34.3 Å². The summed E-state index contributed by atoms with van der Waals surface area (Å²) in [5, 5.41) is 13.9. The molecule has 0 aliphatic rings. The van der Waals surface area contributed by atoms with Crippen molar-refractivity contribution in [3.8, 4) is 11.4 Å². The number of benzene rings is 3. The second-order valence-corrected chi connectivity index (χ2v) is 10.2. The van der Waals surface area contributed by atoms with Crippen molar-refractivity contribution in [2.75, 3.05) is 11.9 Å². The molecule has 0 bridgehead atoms. The molecule has 0 aliphatic heterocycles. The topological polar surface area (TPSA) is 183 Å². The number of halogens is 2. The molecule has 0 radical (unpaired) electrons. The van der Waals surface area contributed by atoms with E-state index >= 15 is 0 Å². The molecule has 47 heavy (non-hydrogen) atoms. The molecule has 15 heteroatoms. The van der Waals surface area contributed by atoms with Crippen molar-refractivity contribution in [2.24, 2.45) is 0 Å². The molecule has 4 rings (SSSR count). The number of ketones is 1. The lowest BCUT2D eigenvalue weighted by Crippen LogP contribution is -2.46. The van der Waals surface area contributed by atoms with E-state index in [1.54, 1.807) is 36.4 Å². The Hall–Kier alpha value is -5.89. The number of aromatic nitrogens is 2. The van der Waals surface area contributed by atoms with Crippen LogP contribution in [0.5, 0.6) is 0 Å². The van der Waals surface area contributed by atoms with Crippen molar-refractivity contribution in [2.45, 2.75) is 25.6 Å². The van der Waals surface area contributed by atoms with Crippen LogP contribution in [-0.2, 0) is 37.0 Å². The number of esters is 1. The van der Waals surface area contributed by atoms with Gasteiger partial charge in [-0.3, -0.25) is 29.1 Å². The van der Waals surface area contributed by atoms with Crippen LogP contribution in [0.3, 0.4) is 0 Å². The lowest BCUT2D eigenvalue weighted by atomic mass is 10.1.